The Balaban J connectivity index is 1.96. The van der Waals surface area contributed by atoms with Crippen molar-refractivity contribution in [3.05, 3.63) is 63.6 Å². The monoisotopic (exact) mass is 308 g/mol. The molecule has 0 bridgehead atoms. The van der Waals surface area contributed by atoms with Crippen molar-refractivity contribution < 1.29 is 0 Å². The van der Waals surface area contributed by atoms with Crippen molar-refractivity contribution in [3.8, 4) is 0 Å². The molecule has 2 nitrogen and oxygen atoms in total. The van der Waals surface area contributed by atoms with Crippen LogP contribution in [-0.2, 0) is 13.1 Å². The number of benzene rings is 2. The Labute approximate surface area is 130 Å². The topological polar surface area (TPSA) is 15.3 Å². The summed E-state index contributed by atoms with van der Waals surface area (Å²) < 4.78 is 0. The summed E-state index contributed by atoms with van der Waals surface area (Å²) in [6.45, 7) is 1.65. The number of hydrogen-bond acceptors (Lipinski definition) is 2. The van der Waals surface area contributed by atoms with Gasteiger partial charge >= 0.3 is 0 Å². The average Bonchev–Trinajstić information content (AvgIpc) is 2.36. The van der Waals surface area contributed by atoms with Crippen LogP contribution >= 0.6 is 23.2 Å². The lowest BCUT2D eigenvalue weighted by atomic mass is 10.2. The maximum absolute atomic E-state index is 5.98. The molecule has 106 valence electrons. The van der Waals surface area contributed by atoms with E-state index >= 15 is 0 Å². The third-order valence-electron chi connectivity index (χ3n) is 2.87. The van der Waals surface area contributed by atoms with Crippen molar-refractivity contribution in [2.75, 3.05) is 19.4 Å². The Bertz CT molecular complexity index is 545. The zero-order valence-corrected chi connectivity index (χ0v) is 13.2. The van der Waals surface area contributed by atoms with Gasteiger partial charge in [0.2, 0.25) is 0 Å². The minimum absolute atomic E-state index is 0.663. The van der Waals surface area contributed by atoms with Gasteiger partial charge in [-0.15, -0.1) is 0 Å². The second kappa shape index (κ2) is 6.98. The smallest absolute Gasteiger partial charge is 0.0424 e. The molecular weight excluding hydrogens is 291 g/mol. The van der Waals surface area contributed by atoms with Gasteiger partial charge in [-0.05, 0) is 55.6 Å². The Morgan fingerprint density at radius 1 is 0.900 bits per heavy atom. The number of hydrogen-bond donors (Lipinski definition) is 1. The highest BCUT2D eigenvalue weighted by Crippen LogP contribution is 2.20. The molecule has 0 aliphatic carbocycles. The molecule has 2 aromatic carbocycles. The summed E-state index contributed by atoms with van der Waals surface area (Å²) in [5, 5.41) is 4.69. The molecular formula is C16H18Cl2N2. The van der Waals surface area contributed by atoms with Crippen LogP contribution < -0.4 is 5.32 Å². The predicted octanol–water partition coefficient (Wildman–Crippen LogP) is 4.67. The fraction of sp³-hybridized carbons (Fsp3) is 0.250. The summed E-state index contributed by atoms with van der Waals surface area (Å²) >= 11 is 12.0. The van der Waals surface area contributed by atoms with Gasteiger partial charge in [0.25, 0.3) is 0 Å². The van der Waals surface area contributed by atoms with Gasteiger partial charge in [0.15, 0.2) is 0 Å². The second-order valence-electron chi connectivity index (χ2n) is 5.07. The van der Waals surface area contributed by atoms with Crippen LogP contribution in [-0.4, -0.2) is 19.0 Å². The van der Waals surface area contributed by atoms with Gasteiger partial charge in [-0.25, -0.2) is 0 Å². The number of nitrogens with one attached hydrogen (secondary N) is 1. The fourth-order valence-corrected chi connectivity index (χ4v) is 2.58. The van der Waals surface area contributed by atoms with Crippen molar-refractivity contribution in [3.63, 3.8) is 0 Å². The Morgan fingerprint density at radius 2 is 1.50 bits per heavy atom. The number of halogens is 2. The zero-order valence-electron chi connectivity index (χ0n) is 11.7. The van der Waals surface area contributed by atoms with E-state index in [-0.39, 0.29) is 0 Å². The number of nitrogens with zero attached hydrogens (tertiary/aromatic N) is 1. The largest absolute Gasteiger partial charge is 0.381 e. The predicted molar refractivity (Wildman–Crippen MR) is 87.6 cm³/mol. The first-order valence-electron chi connectivity index (χ1n) is 6.45. The lowest BCUT2D eigenvalue weighted by Crippen LogP contribution is -2.10. The Kier molecular flexibility index (Phi) is 5.30. The van der Waals surface area contributed by atoms with Crippen LogP contribution in [0.5, 0.6) is 0 Å². The molecule has 2 aromatic rings. The van der Waals surface area contributed by atoms with Crippen LogP contribution in [0, 0.1) is 0 Å². The van der Waals surface area contributed by atoms with Crippen LogP contribution in [0.1, 0.15) is 11.1 Å². The van der Waals surface area contributed by atoms with Gasteiger partial charge in [0, 0.05) is 28.8 Å². The van der Waals surface area contributed by atoms with Crippen molar-refractivity contribution in [1.29, 1.82) is 0 Å². The van der Waals surface area contributed by atoms with Gasteiger partial charge < -0.3 is 10.2 Å². The summed E-state index contributed by atoms with van der Waals surface area (Å²) in [5.41, 5.74) is 3.45. The average molecular weight is 309 g/mol. The molecule has 0 unspecified atom stereocenters. The van der Waals surface area contributed by atoms with E-state index in [4.69, 9.17) is 23.2 Å². The van der Waals surface area contributed by atoms with E-state index in [9.17, 15) is 0 Å². The molecule has 0 fully saturated rings. The highest BCUT2D eigenvalue weighted by molar-refractivity contribution is 6.34. The van der Waals surface area contributed by atoms with Gasteiger partial charge in [-0.3, -0.25) is 0 Å². The normalized spacial score (nSPS) is 10.8. The first-order valence-corrected chi connectivity index (χ1v) is 7.21. The Hall–Kier alpha value is -1.22. The standard InChI is InChI=1S/C16H18Cl2N2/c1-20(2)11-12-3-5-16(6-4-12)19-10-13-7-14(17)9-15(18)8-13/h3-9,19H,10-11H2,1-2H3. The minimum atomic E-state index is 0.663. The van der Waals surface area contributed by atoms with Crippen LogP contribution in [0.3, 0.4) is 0 Å². The van der Waals surface area contributed by atoms with Crippen molar-refractivity contribution in [2.24, 2.45) is 0 Å². The van der Waals surface area contributed by atoms with E-state index < -0.39 is 0 Å². The molecule has 0 aliphatic heterocycles. The summed E-state index contributed by atoms with van der Waals surface area (Å²) in [5.74, 6) is 0. The van der Waals surface area contributed by atoms with E-state index in [0.29, 0.717) is 16.6 Å². The summed E-state index contributed by atoms with van der Waals surface area (Å²) in [6, 6.07) is 14.0. The van der Waals surface area contributed by atoms with Crippen molar-refractivity contribution >= 4 is 28.9 Å². The maximum Gasteiger partial charge on any atom is 0.0424 e. The molecule has 0 aromatic heterocycles. The van der Waals surface area contributed by atoms with E-state index in [0.717, 1.165) is 17.8 Å². The molecule has 0 heterocycles. The highest BCUT2D eigenvalue weighted by Gasteiger charge is 2.00. The molecule has 0 saturated carbocycles. The molecule has 0 atom stereocenters. The zero-order chi connectivity index (χ0) is 14.5. The quantitative estimate of drug-likeness (QED) is 0.863. The molecule has 2 rings (SSSR count). The molecule has 0 saturated heterocycles. The van der Waals surface area contributed by atoms with Crippen LogP contribution in [0.25, 0.3) is 0 Å². The van der Waals surface area contributed by atoms with E-state index in [1.165, 1.54) is 5.56 Å². The fourth-order valence-electron chi connectivity index (χ4n) is 2.01. The summed E-state index contributed by atoms with van der Waals surface area (Å²) in [4.78, 5) is 2.15. The molecule has 0 amide bonds. The van der Waals surface area contributed by atoms with E-state index in [1.54, 1.807) is 6.07 Å². The van der Waals surface area contributed by atoms with Crippen LogP contribution in [0.2, 0.25) is 10.0 Å². The van der Waals surface area contributed by atoms with Gasteiger partial charge in [-0.1, -0.05) is 35.3 Å². The lowest BCUT2D eigenvalue weighted by Gasteiger charge is -2.11. The van der Waals surface area contributed by atoms with Crippen molar-refractivity contribution in [1.82, 2.24) is 4.90 Å². The van der Waals surface area contributed by atoms with Gasteiger partial charge in [-0.2, -0.15) is 0 Å². The van der Waals surface area contributed by atoms with E-state index in [1.807, 2.05) is 12.1 Å². The molecule has 20 heavy (non-hydrogen) atoms. The maximum atomic E-state index is 5.98. The summed E-state index contributed by atoms with van der Waals surface area (Å²) in [7, 11) is 4.13. The van der Waals surface area contributed by atoms with Gasteiger partial charge in [0.1, 0.15) is 0 Å². The highest BCUT2D eigenvalue weighted by atomic mass is 35.5. The molecule has 1 N–H and O–H groups in total. The minimum Gasteiger partial charge on any atom is -0.381 e. The molecule has 4 heteroatoms. The number of anilines is 1. The van der Waals surface area contributed by atoms with Crippen LogP contribution in [0.4, 0.5) is 5.69 Å². The molecule has 0 spiro atoms. The third-order valence-corrected chi connectivity index (χ3v) is 3.31. The first kappa shape index (κ1) is 15.2. The lowest BCUT2D eigenvalue weighted by molar-refractivity contribution is 0.402. The second-order valence-corrected chi connectivity index (χ2v) is 5.94. The third kappa shape index (κ3) is 4.71. The molecule has 0 aliphatic rings. The molecule has 0 radical (unpaired) electrons. The van der Waals surface area contributed by atoms with E-state index in [2.05, 4.69) is 48.6 Å². The van der Waals surface area contributed by atoms with Crippen LogP contribution in [0.15, 0.2) is 42.5 Å². The first-order chi connectivity index (χ1) is 9.52. The van der Waals surface area contributed by atoms with Crippen molar-refractivity contribution in [2.45, 2.75) is 13.1 Å². The summed E-state index contributed by atoms with van der Waals surface area (Å²) in [6.07, 6.45) is 0. The SMILES string of the molecule is CN(C)Cc1ccc(NCc2cc(Cl)cc(Cl)c2)cc1. The Morgan fingerprint density at radius 3 is 2.05 bits per heavy atom. The van der Waals surface area contributed by atoms with Gasteiger partial charge in [0.05, 0.1) is 0 Å². The number of rotatable bonds is 5.